The van der Waals surface area contributed by atoms with Crippen molar-refractivity contribution in [3.63, 3.8) is 0 Å². The Hall–Kier alpha value is -2.65. The van der Waals surface area contributed by atoms with Gasteiger partial charge in [-0.05, 0) is 30.4 Å². The van der Waals surface area contributed by atoms with E-state index >= 15 is 0 Å². The highest BCUT2D eigenvalue weighted by Crippen LogP contribution is 2.39. The van der Waals surface area contributed by atoms with Crippen LogP contribution in [-0.2, 0) is 0 Å². The summed E-state index contributed by atoms with van der Waals surface area (Å²) >= 11 is 1.14. The first-order valence-corrected chi connectivity index (χ1v) is 7.13. The number of hydrogen-bond donors (Lipinski definition) is 1. The zero-order valence-corrected chi connectivity index (χ0v) is 12.0. The fourth-order valence-corrected chi connectivity index (χ4v) is 2.89. The maximum Gasteiger partial charge on any atom is 0.204 e. The predicted molar refractivity (Wildman–Crippen MR) is 83.8 cm³/mol. The summed E-state index contributed by atoms with van der Waals surface area (Å²) < 4.78 is 26.9. The summed E-state index contributed by atoms with van der Waals surface area (Å²) in [7, 11) is 0. The molecule has 2 heterocycles. The molecule has 0 unspecified atom stereocenters. The minimum absolute atomic E-state index is 0.290. The summed E-state index contributed by atoms with van der Waals surface area (Å²) in [6.07, 6.45) is 6.78. The lowest BCUT2D eigenvalue weighted by molar-refractivity contribution is 0.566. The Morgan fingerprint density at radius 2 is 2.14 bits per heavy atom. The summed E-state index contributed by atoms with van der Waals surface area (Å²) in [5.74, 6) is -1.25. The van der Waals surface area contributed by atoms with Crippen molar-refractivity contribution in [3.8, 4) is 0 Å². The van der Waals surface area contributed by atoms with Gasteiger partial charge in [-0.15, -0.1) is 0 Å². The van der Waals surface area contributed by atoms with E-state index in [2.05, 4.69) is 14.8 Å². The largest absolute Gasteiger partial charge is 0.372 e. The summed E-state index contributed by atoms with van der Waals surface area (Å²) in [6.45, 7) is 7.02. The van der Waals surface area contributed by atoms with Crippen LogP contribution in [0.2, 0.25) is 0 Å². The Bertz CT molecular complexity index is 843. The third-order valence-corrected chi connectivity index (χ3v) is 4.12. The van der Waals surface area contributed by atoms with E-state index < -0.39 is 11.6 Å². The highest BCUT2D eigenvalue weighted by atomic mass is 32.2. The number of aliphatic imine (C=N–C) groups is 1. The fourth-order valence-electron chi connectivity index (χ4n) is 1.93. The van der Waals surface area contributed by atoms with E-state index in [1.165, 1.54) is 12.1 Å². The quantitative estimate of drug-likeness (QED) is 0.631. The van der Waals surface area contributed by atoms with Crippen molar-refractivity contribution in [3.05, 3.63) is 77.1 Å². The molecule has 0 atom stereocenters. The van der Waals surface area contributed by atoms with Gasteiger partial charge >= 0.3 is 0 Å². The Morgan fingerprint density at radius 3 is 2.77 bits per heavy atom. The van der Waals surface area contributed by atoms with E-state index in [0.717, 1.165) is 17.8 Å². The molecular weight excluding hydrogens is 304 g/mol. The molecule has 0 aliphatic carbocycles. The lowest BCUT2D eigenvalue weighted by Crippen LogP contribution is -1.88. The van der Waals surface area contributed by atoms with Gasteiger partial charge in [-0.3, -0.25) is 4.99 Å². The van der Waals surface area contributed by atoms with Crippen molar-refractivity contribution >= 4 is 28.6 Å². The van der Waals surface area contributed by atoms with E-state index in [-0.39, 0.29) is 0 Å². The monoisotopic (exact) mass is 313 g/mol. The third kappa shape index (κ3) is 2.85. The second-order valence-corrected chi connectivity index (χ2v) is 5.46. The van der Waals surface area contributed by atoms with Crippen molar-refractivity contribution in [1.82, 2.24) is 4.98 Å². The molecule has 1 aromatic heterocycles. The molecule has 1 aliphatic heterocycles. The SMILES string of the molecule is [C-]#[N+]c1c[nH]c(/C(Sc2ccc(F)cc2F)=C2/C=CC=N2)c1. The minimum atomic E-state index is -0.633. The molecule has 1 aliphatic rings. The van der Waals surface area contributed by atoms with Crippen molar-refractivity contribution in [2.75, 3.05) is 0 Å². The van der Waals surface area contributed by atoms with Crippen LogP contribution in [0.25, 0.3) is 9.75 Å². The average molecular weight is 313 g/mol. The molecule has 0 amide bonds. The molecule has 1 aromatic carbocycles. The van der Waals surface area contributed by atoms with Crippen LogP contribution in [0.15, 0.2) is 58.2 Å². The van der Waals surface area contributed by atoms with Crippen LogP contribution in [0.4, 0.5) is 14.5 Å². The van der Waals surface area contributed by atoms with Gasteiger partial charge in [0.15, 0.2) is 0 Å². The summed E-state index contributed by atoms with van der Waals surface area (Å²) in [4.78, 5) is 11.5. The standard InChI is InChI=1S/C16H9F2N3S/c1-19-11-8-14(21-9-11)16(13-3-2-6-20-13)22-15-5-4-10(17)7-12(15)18/h2-9,21H/b16-13+. The van der Waals surface area contributed by atoms with Gasteiger partial charge in [-0.2, -0.15) is 0 Å². The fraction of sp³-hybridized carbons (Fsp3) is 0. The lowest BCUT2D eigenvalue weighted by atomic mass is 10.3. The molecule has 22 heavy (non-hydrogen) atoms. The number of rotatable bonds is 3. The van der Waals surface area contributed by atoms with Gasteiger partial charge in [0, 0.05) is 29.1 Å². The van der Waals surface area contributed by atoms with Crippen molar-refractivity contribution in [2.24, 2.45) is 4.99 Å². The van der Waals surface area contributed by atoms with E-state index in [4.69, 9.17) is 6.57 Å². The average Bonchev–Trinajstić information content (AvgIpc) is 3.18. The number of allylic oxidation sites excluding steroid dienone is 2. The van der Waals surface area contributed by atoms with Gasteiger partial charge in [-0.25, -0.2) is 13.6 Å². The van der Waals surface area contributed by atoms with Crippen molar-refractivity contribution in [2.45, 2.75) is 4.90 Å². The van der Waals surface area contributed by atoms with Gasteiger partial charge < -0.3 is 4.98 Å². The number of aromatic nitrogens is 1. The molecule has 2 aromatic rings. The minimum Gasteiger partial charge on any atom is -0.372 e. The predicted octanol–water partition coefficient (Wildman–Crippen LogP) is 4.95. The Balaban J connectivity index is 2.04. The second-order valence-electron chi connectivity index (χ2n) is 4.41. The van der Waals surface area contributed by atoms with Crippen molar-refractivity contribution in [1.29, 1.82) is 0 Å². The van der Waals surface area contributed by atoms with Crippen LogP contribution in [0.5, 0.6) is 0 Å². The Morgan fingerprint density at radius 1 is 1.27 bits per heavy atom. The van der Waals surface area contributed by atoms with Gasteiger partial charge in [0.05, 0.1) is 17.2 Å². The number of nitrogens with one attached hydrogen (secondary N) is 1. The van der Waals surface area contributed by atoms with E-state index in [0.29, 0.717) is 26.9 Å². The smallest absolute Gasteiger partial charge is 0.204 e. The first kappa shape index (κ1) is 14.3. The summed E-state index contributed by atoms with van der Waals surface area (Å²) in [5, 5.41) is 0. The number of halogens is 2. The highest BCUT2D eigenvalue weighted by molar-refractivity contribution is 8.08. The lowest BCUT2D eigenvalue weighted by Gasteiger charge is -2.08. The molecule has 3 nitrogen and oxygen atoms in total. The maximum absolute atomic E-state index is 13.9. The van der Waals surface area contributed by atoms with Gasteiger partial charge in [0.25, 0.3) is 0 Å². The molecular formula is C16H9F2N3S. The second kappa shape index (κ2) is 6.00. The number of nitrogens with zero attached hydrogens (tertiary/aromatic N) is 2. The van der Waals surface area contributed by atoms with E-state index in [1.807, 2.05) is 0 Å². The topological polar surface area (TPSA) is 32.5 Å². The van der Waals surface area contributed by atoms with Crippen LogP contribution in [0.1, 0.15) is 5.69 Å². The number of thioether (sulfide) groups is 1. The maximum atomic E-state index is 13.9. The van der Waals surface area contributed by atoms with Gasteiger partial charge in [0.1, 0.15) is 11.6 Å². The Kier molecular flexibility index (Phi) is 3.90. The summed E-state index contributed by atoms with van der Waals surface area (Å²) in [6, 6.07) is 5.11. The highest BCUT2D eigenvalue weighted by Gasteiger charge is 2.15. The molecule has 0 spiro atoms. The Labute approximate surface area is 129 Å². The molecule has 108 valence electrons. The molecule has 1 N–H and O–H groups in total. The zero-order chi connectivity index (χ0) is 15.5. The van der Waals surface area contributed by atoms with Crippen LogP contribution < -0.4 is 0 Å². The van der Waals surface area contributed by atoms with Gasteiger partial charge in [-0.1, -0.05) is 11.8 Å². The molecule has 0 saturated carbocycles. The van der Waals surface area contributed by atoms with Crippen LogP contribution >= 0.6 is 11.8 Å². The molecule has 0 radical (unpaired) electrons. The third-order valence-electron chi connectivity index (χ3n) is 2.93. The van der Waals surface area contributed by atoms with E-state index in [9.17, 15) is 8.78 Å². The van der Waals surface area contributed by atoms with Crippen LogP contribution in [0, 0.1) is 18.2 Å². The number of aromatic amines is 1. The molecule has 0 bridgehead atoms. The molecule has 0 saturated heterocycles. The normalized spacial score (nSPS) is 15.1. The molecule has 6 heteroatoms. The number of hydrogen-bond acceptors (Lipinski definition) is 2. The first-order valence-electron chi connectivity index (χ1n) is 6.31. The van der Waals surface area contributed by atoms with Gasteiger partial charge in [0.2, 0.25) is 5.69 Å². The molecule has 3 rings (SSSR count). The van der Waals surface area contributed by atoms with Crippen LogP contribution in [-0.4, -0.2) is 11.2 Å². The van der Waals surface area contributed by atoms with E-state index in [1.54, 1.807) is 30.6 Å². The zero-order valence-electron chi connectivity index (χ0n) is 11.2. The van der Waals surface area contributed by atoms with Crippen LogP contribution in [0.3, 0.4) is 0 Å². The van der Waals surface area contributed by atoms with Crippen molar-refractivity contribution < 1.29 is 8.78 Å². The summed E-state index contributed by atoms with van der Waals surface area (Å²) in [5.41, 5.74) is 1.78. The number of benzene rings is 1. The number of H-pyrrole nitrogens is 1. The first-order chi connectivity index (χ1) is 10.7. The molecule has 0 fully saturated rings.